The number of halogens is 2. The molecular weight excluding hydrogens is 338 g/mol. The fourth-order valence-corrected chi connectivity index (χ4v) is 2.55. The van der Waals surface area contributed by atoms with Crippen LogP contribution in [0, 0.1) is 0 Å². The zero-order chi connectivity index (χ0) is 12.0. The molecule has 0 spiro atoms. The van der Waals surface area contributed by atoms with Gasteiger partial charge in [-0.25, -0.2) is 8.72 Å². The van der Waals surface area contributed by atoms with Crippen LogP contribution in [0.2, 0.25) is 0 Å². The van der Waals surface area contributed by atoms with Crippen molar-refractivity contribution in [2.75, 3.05) is 13.2 Å². The lowest BCUT2D eigenvalue weighted by molar-refractivity contribution is 0.135. The summed E-state index contributed by atoms with van der Waals surface area (Å²) in [4.78, 5) is 11.4. The molecule has 0 heterocycles. The third kappa shape index (κ3) is 4.14. The zero-order valence-electron chi connectivity index (χ0n) is 8.90. The lowest BCUT2D eigenvalue weighted by atomic mass is 10.1. The molecule has 0 aliphatic heterocycles. The molecule has 1 aromatic carbocycles. The maximum absolute atomic E-state index is 11.3. The standard InChI is InChI=1S/C11H13Br2NO2/c1-2-16-11(15)14(13)8-10(12)9-6-4-3-5-7-9/h3-7,10H,2,8H2,1H3. The molecule has 0 aliphatic rings. The van der Waals surface area contributed by atoms with Crippen molar-refractivity contribution in [3.05, 3.63) is 35.9 Å². The van der Waals surface area contributed by atoms with Crippen LogP contribution in [0.4, 0.5) is 4.79 Å². The molecule has 1 amide bonds. The van der Waals surface area contributed by atoms with Gasteiger partial charge in [0.25, 0.3) is 0 Å². The lowest BCUT2D eigenvalue weighted by Gasteiger charge is -2.17. The van der Waals surface area contributed by atoms with Crippen molar-refractivity contribution in [1.82, 2.24) is 3.93 Å². The van der Waals surface area contributed by atoms with Gasteiger partial charge in [-0.15, -0.1) is 0 Å². The number of benzene rings is 1. The average molecular weight is 351 g/mol. The Morgan fingerprint density at radius 2 is 2.06 bits per heavy atom. The van der Waals surface area contributed by atoms with Crippen molar-refractivity contribution in [3.8, 4) is 0 Å². The number of hydrogen-bond donors (Lipinski definition) is 0. The largest absolute Gasteiger partial charge is 0.449 e. The predicted molar refractivity (Wildman–Crippen MR) is 70.8 cm³/mol. The summed E-state index contributed by atoms with van der Waals surface area (Å²) >= 11 is 6.70. The fraction of sp³-hybridized carbons (Fsp3) is 0.364. The number of ether oxygens (including phenoxy) is 1. The van der Waals surface area contributed by atoms with Crippen LogP contribution in [0.5, 0.6) is 0 Å². The van der Waals surface area contributed by atoms with E-state index in [-0.39, 0.29) is 10.9 Å². The molecule has 16 heavy (non-hydrogen) atoms. The van der Waals surface area contributed by atoms with E-state index in [0.29, 0.717) is 13.2 Å². The first-order valence-electron chi connectivity index (χ1n) is 4.94. The van der Waals surface area contributed by atoms with E-state index < -0.39 is 0 Å². The van der Waals surface area contributed by atoms with Crippen LogP contribution in [0.3, 0.4) is 0 Å². The van der Waals surface area contributed by atoms with Crippen LogP contribution in [0.1, 0.15) is 17.3 Å². The molecule has 88 valence electrons. The van der Waals surface area contributed by atoms with E-state index in [1.54, 1.807) is 6.92 Å². The maximum atomic E-state index is 11.3. The highest BCUT2D eigenvalue weighted by Gasteiger charge is 2.16. The van der Waals surface area contributed by atoms with Crippen molar-refractivity contribution in [3.63, 3.8) is 0 Å². The minimum Gasteiger partial charge on any atom is -0.449 e. The molecule has 0 saturated heterocycles. The lowest BCUT2D eigenvalue weighted by Crippen LogP contribution is -2.25. The SMILES string of the molecule is CCOC(=O)N(Br)CC(Br)c1ccccc1. The Hall–Kier alpha value is -0.550. The van der Waals surface area contributed by atoms with Gasteiger partial charge in [0.1, 0.15) is 0 Å². The van der Waals surface area contributed by atoms with Gasteiger partial charge in [-0.2, -0.15) is 0 Å². The number of carbonyl (C=O) groups excluding carboxylic acids is 1. The van der Waals surface area contributed by atoms with Gasteiger partial charge >= 0.3 is 6.09 Å². The number of alkyl halides is 1. The molecule has 1 rings (SSSR count). The fourth-order valence-electron chi connectivity index (χ4n) is 1.18. The molecule has 0 bridgehead atoms. The Bertz CT molecular complexity index is 332. The smallest absolute Gasteiger partial charge is 0.419 e. The summed E-state index contributed by atoms with van der Waals surface area (Å²) in [6.45, 7) is 2.66. The van der Waals surface area contributed by atoms with Gasteiger partial charge in [-0.1, -0.05) is 46.3 Å². The molecule has 1 aromatic rings. The van der Waals surface area contributed by atoms with Crippen LogP contribution >= 0.6 is 32.1 Å². The monoisotopic (exact) mass is 349 g/mol. The first-order chi connectivity index (χ1) is 7.65. The van der Waals surface area contributed by atoms with Crippen LogP contribution in [-0.2, 0) is 4.74 Å². The molecule has 0 aliphatic carbocycles. The summed E-state index contributed by atoms with van der Waals surface area (Å²) < 4.78 is 6.24. The molecule has 0 radical (unpaired) electrons. The van der Waals surface area contributed by atoms with Gasteiger partial charge in [0.2, 0.25) is 0 Å². The average Bonchev–Trinajstić information content (AvgIpc) is 2.30. The van der Waals surface area contributed by atoms with E-state index >= 15 is 0 Å². The van der Waals surface area contributed by atoms with E-state index in [1.165, 1.54) is 3.93 Å². The number of nitrogens with zero attached hydrogens (tertiary/aromatic N) is 1. The minimum absolute atomic E-state index is 0.0810. The summed E-state index contributed by atoms with van der Waals surface area (Å²) in [5.74, 6) is 0. The molecule has 0 aromatic heterocycles. The van der Waals surface area contributed by atoms with Crippen molar-refractivity contribution in [1.29, 1.82) is 0 Å². The van der Waals surface area contributed by atoms with Crippen LogP contribution < -0.4 is 0 Å². The minimum atomic E-state index is -0.372. The third-order valence-corrected chi connectivity index (χ3v) is 3.35. The molecular formula is C11H13Br2NO2. The Morgan fingerprint density at radius 3 is 2.62 bits per heavy atom. The van der Waals surface area contributed by atoms with Crippen molar-refractivity contribution in [2.24, 2.45) is 0 Å². The van der Waals surface area contributed by atoms with Gasteiger partial charge in [0, 0.05) is 0 Å². The molecule has 1 atom stereocenters. The van der Waals surface area contributed by atoms with Crippen LogP contribution in [0.25, 0.3) is 0 Å². The maximum Gasteiger partial charge on any atom is 0.419 e. The molecule has 3 nitrogen and oxygen atoms in total. The molecule has 1 unspecified atom stereocenters. The van der Waals surface area contributed by atoms with Gasteiger partial charge in [-0.3, -0.25) is 0 Å². The Labute approximate surface area is 112 Å². The van der Waals surface area contributed by atoms with E-state index in [9.17, 15) is 4.79 Å². The van der Waals surface area contributed by atoms with Gasteiger partial charge in [0.05, 0.1) is 34.1 Å². The number of hydrogen-bond acceptors (Lipinski definition) is 2. The summed E-state index contributed by atoms with van der Waals surface area (Å²) in [6, 6.07) is 9.90. The van der Waals surface area contributed by atoms with Crippen molar-refractivity contribution in [2.45, 2.75) is 11.8 Å². The van der Waals surface area contributed by atoms with E-state index in [0.717, 1.165) is 5.56 Å². The summed E-state index contributed by atoms with van der Waals surface area (Å²) in [7, 11) is 0. The molecule has 0 N–H and O–H groups in total. The Kier molecular flexibility index (Phi) is 5.84. The highest BCUT2D eigenvalue weighted by atomic mass is 79.9. The van der Waals surface area contributed by atoms with Gasteiger partial charge < -0.3 is 4.74 Å². The van der Waals surface area contributed by atoms with Gasteiger partial charge in [0.15, 0.2) is 0 Å². The van der Waals surface area contributed by atoms with E-state index in [4.69, 9.17) is 4.74 Å². The number of amides is 1. The molecule has 0 fully saturated rings. The second kappa shape index (κ2) is 6.91. The Morgan fingerprint density at radius 1 is 1.44 bits per heavy atom. The van der Waals surface area contributed by atoms with E-state index in [1.807, 2.05) is 30.3 Å². The second-order valence-electron chi connectivity index (χ2n) is 3.12. The number of carbonyl (C=O) groups is 1. The van der Waals surface area contributed by atoms with Crippen LogP contribution in [0.15, 0.2) is 30.3 Å². The predicted octanol–water partition coefficient (Wildman–Crippen LogP) is 3.89. The second-order valence-corrected chi connectivity index (χ2v) is 5.08. The first-order valence-corrected chi connectivity index (χ1v) is 6.56. The summed E-state index contributed by atoms with van der Waals surface area (Å²) in [6.07, 6.45) is -0.372. The topological polar surface area (TPSA) is 29.5 Å². The Balaban J connectivity index is 2.51. The first kappa shape index (κ1) is 13.5. The zero-order valence-corrected chi connectivity index (χ0v) is 12.1. The highest BCUT2D eigenvalue weighted by molar-refractivity contribution is 9.09. The van der Waals surface area contributed by atoms with E-state index in [2.05, 4.69) is 32.1 Å². The van der Waals surface area contributed by atoms with Crippen molar-refractivity contribution < 1.29 is 9.53 Å². The summed E-state index contributed by atoms with van der Waals surface area (Å²) in [5, 5.41) is 0. The highest BCUT2D eigenvalue weighted by Crippen LogP contribution is 2.24. The molecule has 5 heteroatoms. The van der Waals surface area contributed by atoms with Crippen molar-refractivity contribution >= 4 is 38.2 Å². The quantitative estimate of drug-likeness (QED) is 0.609. The number of rotatable bonds is 4. The summed E-state index contributed by atoms with van der Waals surface area (Å²) in [5.41, 5.74) is 1.12. The molecule has 0 saturated carbocycles. The normalized spacial score (nSPS) is 11.9. The third-order valence-electron chi connectivity index (χ3n) is 1.95. The van der Waals surface area contributed by atoms with Gasteiger partial charge in [-0.05, 0) is 12.5 Å². The van der Waals surface area contributed by atoms with Crippen LogP contribution in [-0.4, -0.2) is 23.2 Å².